The van der Waals surface area contributed by atoms with Crippen LogP contribution in [0.1, 0.15) is 32.6 Å². The fourth-order valence-electron chi connectivity index (χ4n) is 2.25. The van der Waals surface area contributed by atoms with Crippen LogP contribution in [0.15, 0.2) is 0 Å². The first-order valence-corrected chi connectivity index (χ1v) is 5.90. The van der Waals surface area contributed by atoms with E-state index in [1.165, 1.54) is 0 Å². The molecule has 0 aromatic rings. The minimum Gasteiger partial charge on any atom is -0.348 e. The Morgan fingerprint density at radius 3 is 2.67 bits per heavy atom. The summed E-state index contributed by atoms with van der Waals surface area (Å²) in [5, 5.41) is 1.84. The van der Waals surface area contributed by atoms with E-state index in [0.29, 0.717) is 12.8 Å². The van der Waals surface area contributed by atoms with Gasteiger partial charge in [0.2, 0.25) is 5.91 Å². The Kier molecular flexibility index (Phi) is 4.58. The molecule has 0 heterocycles. The maximum Gasteiger partial charge on any atom is 0.324 e. The van der Waals surface area contributed by atoms with Crippen LogP contribution in [0.25, 0.3) is 0 Å². The number of nitrogens with one attached hydrogen (secondary N) is 1. The van der Waals surface area contributed by atoms with Gasteiger partial charge in [0.1, 0.15) is 0 Å². The summed E-state index contributed by atoms with van der Waals surface area (Å²) < 4.78 is 49.2. The first kappa shape index (κ1) is 15.2. The van der Waals surface area contributed by atoms with E-state index in [1.807, 2.05) is 12.2 Å². The third-order valence-corrected chi connectivity index (χ3v) is 3.29. The van der Waals surface area contributed by atoms with Gasteiger partial charge in [-0.25, -0.2) is 8.78 Å². The van der Waals surface area contributed by atoms with E-state index in [9.17, 15) is 22.4 Å². The lowest BCUT2D eigenvalue weighted by Gasteiger charge is -2.35. The van der Waals surface area contributed by atoms with Crippen LogP contribution in [0.2, 0.25) is 0 Å². The molecule has 2 atom stereocenters. The van der Waals surface area contributed by atoms with Crippen LogP contribution in [0.3, 0.4) is 0 Å². The number of halogens is 4. The maximum absolute atomic E-state index is 12.7. The van der Waals surface area contributed by atoms with Gasteiger partial charge in [0.25, 0.3) is 0 Å². The van der Waals surface area contributed by atoms with Gasteiger partial charge in [-0.1, -0.05) is 19.8 Å². The summed E-state index contributed by atoms with van der Waals surface area (Å²) in [4.78, 5) is 11.7. The molecule has 1 saturated carbocycles. The maximum atomic E-state index is 12.7. The molecular formula is C11H18F4N2O. The molecule has 0 aromatic carbocycles. The van der Waals surface area contributed by atoms with Crippen LogP contribution in [0.4, 0.5) is 17.6 Å². The molecule has 0 aliphatic heterocycles. The number of amides is 1. The number of hydrogen-bond donors (Lipinski definition) is 2. The lowest BCUT2D eigenvalue weighted by atomic mass is 9.76. The summed E-state index contributed by atoms with van der Waals surface area (Å²) in [6.07, 6.45) is -1.35. The third-order valence-electron chi connectivity index (χ3n) is 3.29. The standard InChI is InChI=1S/C11H18F4N2O/c1-7-3-2-4-10(16,5-7)9(18)17-6-11(14,15)8(12)13/h7-8H,2-6,16H2,1H3,(H,17,18). The molecule has 1 aliphatic rings. The zero-order valence-corrected chi connectivity index (χ0v) is 10.2. The molecule has 0 aromatic heterocycles. The smallest absolute Gasteiger partial charge is 0.324 e. The predicted octanol–water partition coefficient (Wildman–Crippen LogP) is 1.91. The van der Waals surface area contributed by atoms with Crippen LogP contribution in [-0.4, -0.2) is 30.3 Å². The van der Waals surface area contributed by atoms with Crippen LogP contribution < -0.4 is 11.1 Å². The monoisotopic (exact) mass is 270 g/mol. The van der Waals surface area contributed by atoms with E-state index in [0.717, 1.165) is 12.8 Å². The summed E-state index contributed by atoms with van der Waals surface area (Å²) in [5.74, 6) is -4.76. The second kappa shape index (κ2) is 5.42. The molecule has 1 amide bonds. The molecule has 1 aliphatic carbocycles. The van der Waals surface area contributed by atoms with Crippen molar-refractivity contribution in [1.82, 2.24) is 5.32 Å². The summed E-state index contributed by atoms with van der Waals surface area (Å²) in [7, 11) is 0. The molecule has 3 N–H and O–H groups in total. The van der Waals surface area contributed by atoms with Gasteiger partial charge in [-0.15, -0.1) is 0 Å². The van der Waals surface area contributed by atoms with E-state index in [2.05, 4.69) is 0 Å². The van der Waals surface area contributed by atoms with Gasteiger partial charge in [0.05, 0.1) is 12.1 Å². The highest BCUT2D eigenvalue weighted by Crippen LogP contribution is 2.31. The van der Waals surface area contributed by atoms with Gasteiger partial charge in [-0.2, -0.15) is 8.78 Å². The number of alkyl halides is 4. The summed E-state index contributed by atoms with van der Waals surface area (Å²) >= 11 is 0. The van der Waals surface area contributed by atoms with Crippen molar-refractivity contribution < 1.29 is 22.4 Å². The Labute approximate surface area is 103 Å². The van der Waals surface area contributed by atoms with Crippen molar-refractivity contribution in [2.45, 2.75) is 50.5 Å². The van der Waals surface area contributed by atoms with Crippen LogP contribution >= 0.6 is 0 Å². The van der Waals surface area contributed by atoms with E-state index >= 15 is 0 Å². The second-order valence-electron chi connectivity index (χ2n) is 5.10. The van der Waals surface area contributed by atoms with Crippen molar-refractivity contribution in [3.05, 3.63) is 0 Å². The number of carbonyl (C=O) groups is 1. The molecule has 1 rings (SSSR count). The van der Waals surface area contributed by atoms with Crippen molar-refractivity contribution in [1.29, 1.82) is 0 Å². The van der Waals surface area contributed by atoms with Crippen LogP contribution in [-0.2, 0) is 4.79 Å². The molecular weight excluding hydrogens is 252 g/mol. The predicted molar refractivity (Wildman–Crippen MR) is 58.5 cm³/mol. The van der Waals surface area contributed by atoms with Crippen molar-refractivity contribution in [2.24, 2.45) is 11.7 Å². The van der Waals surface area contributed by atoms with E-state index < -0.39 is 30.3 Å². The minimum atomic E-state index is -4.22. The highest BCUT2D eigenvalue weighted by atomic mass is 19.3. The highest BCUT2D eigenvalue weighted by Gasteiger charge is 2.43. The second-order valence-corrected chi connectivity index (χ2v) is 5.10. The molecule has 0 spiro atoms. The molecule has 3 nitrogen and oxygen atoms in total. The van der Waals surface area contributed by atoms with Crippen molar-refractivity contribution in [2.75, 3.05) is 6.54 Å². The Morgan fingerprint density at radius 1 is 1.56 bits per heavy atom. The average molecular weight is 270 g/mol. The number of rotatable bonds is 4. The third kappa shape index (κ3) is 3.57. The average Bonchev–Trinajstić information content (AvgIpc) is 2.25. The Balaban J connectivity index is 2.55. The topological polar surface area (TPSA) is 55.1 Å². The van der Waals surface area contributed by atoms with E-state index in [-0.39, 0.29) is 5.92 Å². The molecule has 18 heavy (non-hydrogen) atoms. The van der Waals surface area contributed by atoms with E-state index in [1.54, 1.807) is 0 Å². The van der Waals surface area contributed by atoms with Gasteiger partial charge < -0.3 is 11.1 Å². The van der Waals surface area contributed by atoms with Crippen molar-refractivity contribution in [3.63, 3.8) is 0 Å². The van der Waals surface area contributed by atoms with Gasteiger partial charge in [-0.3, -0.25) is 4.79 Å². The lowest BCUT2D eigenvalue weighted by Crippen LogP contribution is -2.58. The van der Waals surface area contributed by atoms with Gasteiger partial charge in [0, 0.05) is 0 Å². The van der Waals surface area contributed by atoms with Gasteiger partial charge in [-0.05, 0) is 18.8 Å². The highest BCUT2D eigenvalue weighted by molar-refractivity contribution is 5.86. The number of carbonyl (C=O) groups excluding carboxylic acids is 1. The number of hydrogen-bond acceptors (Lipinski definition) is 2. The SMILES string of the molecule is CC1CCCC(N)(C(=O)NCC(F)(F)C(F)F)C1. The minimum absolute atomic E-state index is 0.227. The molecule has 7 heteroatoms. The summed E-state index contributed by atoms with van der Waals surface area (Å²) in [6.45, 7) is 0.540. The lowest BCUT2D eigenvalue weighted by molar-refractivity contribution is -0.140. The molecule has 1 fully saturated rings. The molecule has 0 saturated heterocycles. The summed E-state index contributed by atoms with van der Waals surface area (Å²) in [6, 6.07) is 0. The van der Waals surface area contributed by atoms with Crippen LogP contribution in [0, 0.1) is 5.92 Å². The Hall–Kier alpha value is -0.850. The first-order chi connectivity index (χ1) is 8.17. The quantitative estimate of drug-likeness (QED) is 0.767. The first-order valence-electron chi connectivity index (χ1n) is 5.90. The Morgan fingerprint density at radius 2 is 2.17 bits per heavy atom. The number of nitrogens with two attached hydrogens (primary N) is 1. The van der Waals surface area contributed by atoms with Gasteiger partial charge in [0.15, 0.2) is 0 Å². The fourth-order valence-corrected chi connectivity index (χ4v) is 2.25. The normalized spacial score (nSPS) is 29.4. The molecule has 0 bridgehead atoms. The Bertz CT molecular complexity index is 311. The summed E-state index contributed by atoms with van der Waals surface area (Å²) in [5.41, 5.74) is 4.64. The fraction of sp³-hybridized carbons (Fsp3) is 0.909. The van der Waals surface area contributed by atoms with Crippen molar-refractivity contribution >= 4 is 5.91 Å². The van der Waals surface area contributed by atoms with Crippen molar-refractivity contribution in [3.8, 4) is 0 Å². The molecule has 106 valence electrons. The largest absolute Gasteiger partial charge is 0.348 e. The van der Waals surface area contributed by atoms with Gasteiger partial charge >= 0.3 is 12.3 Å². The zero-order valence-electron chi connectivity index (χ0n) is 10.2. The van der Waals surface area contributed by atoms with E-state index in [4.69, 9.17) is 5.73 Å². The van der Waals surface area contributed by atoms with Crippen LogP contribution in [0.5, 0.6) is 0 Å². The molecule has 2 unspecified atom stereocenters. The zero-order chi connectivity index (χ0) is 14.0. The molecule has 0 radical (unpaired) electrons.